The van der Waals surface area contributed by atoms with E-state index in [1.54, 1.807) is 55.5 Å². The van der Waals surface area contributed by atoms with Gasteiger partial charge in [0.2, 0.25) is 11.8 Å². The topological polar surface area (TPSA) is 99.3 Å². The summed E-state index contributed by atoms with van der Waals surface area (Å²) in [6.07, 6.45) is 0.387. The lowest BCUT2D eigenvalue weighted by Crippen LogP contribution is -2.30. The van der Waals surface area contributed by atoms with Crippen LogP contribution in [0.3, 0.4) is 0 Å². The SMILES string of the molecule is CCC(=O)Nc1cccc(NC(=O)CNc2ccc(C(=O)NC(C)C)cc2)c1. The van der Waals surface area contributed by atoms with E-state index in [1.165, 1.54) is 0 Å². The zero-order valence-corrected chi connectivity index (χ0v) is 16.3. The highest BCUT2D eigenvalue weighted by Crippen LogP contribution is 2.15. The third-order valence-electron chi connectivity index (χ3n) is 3.77. The highest BCUT2D eigenvalue weighted by Gasteiger charge is 2.08. The summed E-state index contributed by atoms with van der Waals surface area (Å²) in [7, 11) is 0. The van der Waals surface area contributed by atoms with Gasteiger partial charge in [0.15, 0.2) is 0 Å². The molecular formula is C21H26N4O3. The second-order valence-electron chi connectivity index (χ2n) is 6.59. The zero-order valence-electron chi connectivity index (χ0n) is 16.3. The number of hydrogen-bond donors (Lipinski definition) is 4. The molecule has 0 spiro atoms. The first-order valence-electron chi connectivity index (χ1n) is 9.22. The molecule has 148 valence electrons. The Morgan fingerprint density at radius 1 is 0.857 bits per heavy atom. The first-order valence-corrected chi connectivity index (χ1v) is 9.22. The van der Waals surface area contributed by atoms with E-state index in [1.807, 2.05) is 13.8 Å². The lowest BCUT2D eigenvalue weighted by Gasteiger charge is -2.11. The highest BCUT2D eigenvalue weighted by atomic mass is 16.2. The van der Waals surface area contributed by atoms with E-state index >= 15 is 0 Å². The molecule has 3 amide bonds. The van der Waals surface area contributed by atoms with E-state index in [0.717, 1.165) is 5.69 Å². The first kappa shape index (κ1) is 21.0. The molecular weight excluding hydrogens is 356 g/mol. The van der Waals surface area contributed by atoms with Gasteiger partial charge in [-0.2, -0.15) is 0 Å². The number of nitrogens with one attached hydrogen (secondary N) is 4. The van der Waals surface area contributed by atoms with Crippen molar-refractivity contribution in [2.45, 2.75) is 33.2 Å². The summed E-state index contributed by atoms with van der Waals surface area (Å²) in [6.45, 7) is 5.65. The summed E-state index contributed by atoms with van der Waals surface area (Å²) in [4.78, 5) is 35.5. The van der Waals surface area contributed by atoms with Crippen LogP contribution in [0.1, 0.15) is 37.6 Å². The predicted octanol–water partition coefficient (Wildman–Crippen LogP) is 3.22. The second-order valence-corrected chi connectivity index (χ2v) is 6.59. The molecule has 0 heterocycles. The van der Waals surface area contributed by atoms with Crippen molar-refractivity contribution in [3.63, 3.8) is 0 Å². The van der Waals surface area contributed by atoms with E-state index in [2.05, 4.69) is 21.3 Å². The maximum absolute atomic E-state index is 12.1. The van der Waals surface area contributed by atoms with Crippen LogP contribution in [0.2, 0.25) is 0 Å². The zero-order chi connectivity index (χ0) is 20.5. The summed E-state index contributed by atoms with van der Waals surface area (Å²) >= 11 is 0. The molecule has 2 aromatic carbocycles. The largest absolute Gasteiger partial charge is 0.376 e. The average molecular weight is 382 g/mol. The normalized spacial score (nSPS) is 10.3. The van der Waals surface area contributed by atoms with Gasteiger partial charge in [0.25, 0.3) is 5.91 Å². The Kier molecular flexibility index (Phi) is 7.56. The molecule has 0 saturated heterocycles. The molecule has 2 rings (SSSR count). The summed E-state index contributed by atoms with van der Waals surface area (Å²) in [5.74, 6) is -0.439. The van der Waals surface area contributed by atoms with Crippen LogP contribution in [-0.4, -0.2) is 30.3 Å². The van der Waals surface area contributed by atoms with Crippen LogP contribution < -0.4 is 21.3 Å². The number of carbonyl (C=O) groups excluding carboxylic acids is 3. The summed E-state index contributed by atoms with van der Waals surface area (Å²) in [5, 5.41) is 11.4. The number of benzene rings is 2. The minimum Gasteiger partial charge on any atom is -0.376 e. The summed E-state index contributed by atoms with van der Waals surface area (Å²) in [6, 6.07) is 14.0. The van der Waals surface area contributed by atoms with E-state index in [9.17, 15) is 14.4 Å². The molecule has 2 aromatic rings. The van der Waals surface area contributed by atoms with Crippen molar-refractivity contribution < 1.29 is 14.4 Å². The lowest BCUT2D eigenvalue weighted by molar-refractivity contribution is -0.116. The van der Waals surface area contributed by atoms with Gasteiger partial charge in [-0.3, -0.25) is 14.4 Å². The van der Waals surface area contributed by atoms with Crippen molar-refractivity contribution in [2.75, 3.05) is 22.5 Å². The number of amides is 3. The minimum atomic E-state index is -0.222. The van der Waals surface area contributed by atoms with E-state index < -0.39 is 0 Å². The Balaban J connectivity index is 1.86. The second kappa shape index (κ2) is 10.1. The van der Waals surface area contributed by atoms with E-state index in [0.29, 0.717) is 23.4 Å². The van der Waals surface area contributed by atoms with E-state index in [-0.39, 0.29) is 30.3 Å². The first-order chi connectivity index (χ1) is 13.4. The molecule has 0 atom stereocenters. The van der Waals surface area contributed by atoms with Crippen LogP contribution in [0, 0.1) is 0 Å². The van der Waals surface area contributed by atoms with Gasteiger partial charge < -0.3 is 21.3 Å². The highest BCUT2D eigenvalue weighted by molar-refractivity contribution is 5.96. The molecule has 7 heteroatoms. The number of hydrogen-bond acceptors (Lipinski definition) is 4. The van der Waals surface area contributed by atoms with Gasteiger partial charge in [0.05, 0.1) is 6.54 Å². The van der Waals surface area contributed by atoms with Crippen molar-refractivity contribution >= 4 is 34.8 Å². The molecule has 0 aromatic heterocycles. The fraction of sp³-hybridized carbons (Fsp3) is 0.286. The van der Waals surface area contributed by atoms with Crippen LogP contribution in [0.4, 0.5) is 17.1 Å². The molecule has 0 bridgehead atoms. The molecule has 0 aliphatic rings. The maximum Gasteiger partial charge on any atom is 0.251 e. The smallest absolute Gasteiger partial charge is 0.251 e. The third-order valence-corrected chi connectivity index (χ3v) is 3.77. The summed E-state index contributed by atoms with van der Waals surface area (Å²) < 4.78 is 0. The van der Waals surface area contributed by atoms with Gasteiger partial charge in [-0.25, -0.2) is 0 Å². The van der Waals surface area contributed by atoms with Crippen molar-refractivity contribution in [2.24, 2.45) is 0 Å². The van der Waals surface area contributed by atoms with Gasteiger partial charge in [-0.15, -0.1) is 0 Å². The molecule has 0 unspecified atom stereocenters. The quantitative estimate of drug-likeness (QED) is 0.563. The fourth-order valence-corrected chi connectivity index (χ4v) is 2.40. The van der Waals surface area contributed by atoms with Gasteiger partial charge in [0.1, 0.15) is 0 Å². The van der Waals surface area contributed by atoms with Crippen LogP contribution in [-0.2, 0) is 9.59 Å². The van der Waals surface area contributed by atoms with Gasteiger partial charge in [0, 0.05) is 35.1 Å². The molecule has 0 aliphatic heterocycles. The fourth-order valence-electron chi connectivity index (χ4n) is 2.40. The monoisotopic (exact) mass is 382 g/mol. The standard InChI is InChI=1S/C21H26N4O3/c1-4-19(26)24-17-6-5-7-18(12-17)25-20(27)13-22-16-10-8-15(9-11-16)21(28)23-14(2)3/h5-12,14,22H,4,13H2,1-3H3,(H,23,28)(H,24,26)(H,25,27). The van der Waals surface area contributed by atoms with Crippen molar-refractivity contribution in [3.05, 3.63) is 54.1 Å². The molecule has 0 saturated carbocycles. The predicted molar refractivity (Wildman–Crippen MR) is 112 cm³/mol. The molecule has 0 aliphatic carbocycles. The number of anilines is 3. The molecule has 0 fully saturated rings. The summed E-state index contributed by atoms with van der Waals surface area (Å²) in [5.41, 5.74) is 2.53. The van der Waals surface area contributed by atoms with Crippen LogP contribution >= 0.6 is 0 Å². The minimum absolute atomic E-state index is 0.0720. The Morgan fingerprint density at radius 3 is 2.04 bits per heavy atom. The molecule has 0 radical (unpaired) electrons. The number of carbonyl (C=O) groups is 3. The Bertz CT molecular complexity index is 832. The molecule has 7 nitrogen and oxygen atoms in total. The number of rotatable bonds is 8. The van der Waals surface area contributed by atoms with Gasteiger partial charge in [-0.1, -0.05) is 13.0 Å². The Morgan fingerprint density at radius 2 is 1.46 bits per heavy atom. The molecule has 4 N–H and O–H groups in total. The van der Waals surface area contributed by atoms with Crippen LogP contribution in [0.25, 0.3) is 0 Å². The lowest BCUT2D eigenvalue weighted by atomic mass is 10.2. The van der Waals surface area contributed by atoms with Crippen molar-refractivity contribution in [1.82, 2.24) is 5.32 Å². The van der Waals surface area contributed by atoms with Crippen LogP contribution in [0.15, 0.2) is 48.5 Å². The Labute approximate surface area is 164 Å². The van der Waals surface area contributed by atoms with E-state index in [4.69, 9.17) is 0 Å². The van der Waals surface area contributed by atoms with Gasteiger partial charge in [-0.05, 0) is 56.3 Å². The molecule has 28 heavy (non-hydrogen) atoms. The van der Waals surface area contributed by atoms with Crippen molar-refractivity contribution in [1.29, 1.82) is 0 Å². The maximum atomic E-state index is 12.1. The Hall–Kier alpha value is -3.35. The van der Waals surface area contributed by atoms with Crippen molar-refractivity contribution in [3.8, 4) is 0 Å². The van der Waals surface area contributed by atoms with Gasteiger partial charge >= 0.3 is 0 Å². The van der Waals surface area contributed by atoms with Crippen LogP contribution in [0.5, 0.6) is 0 Å². The third kappa shape index (κ3) is 6.75. The average Bonchev–Trinajstić information content (AvgIpc) is 2.66.